The van der Waals surface area contributed by atoms with Gasteiger partial charge in [0.1, 0.15) is 18.2 Å². The minimum Gasteiger partial charge on any atom is -0.480 e. The Morgan fingerprint density at radius 1 is 1.03 bits per heavy atom. The van der Waals surface area contributed by atoms with E-state index >= 15 is 0 Å². The van der Waals surface area contributed by atoms with E-state index in [1.807, 2.05) is 47.2 Å². The Morgan fingerprint density at radius 2 is 1.85 bits per heavy atom. The number of hydrogen-bond donors (Lipinski definition) is 2. The first-order valence-electron chi connectivity index (χ1n) is 10.2. The van der Waals surface area contributed by atoms with E-state index in [0.29, 0.717) is 10.0 Å². The summed E-state index contributed by atoms with van der Waals surface area (Å²) in [4.78, 5) is 24.2. The van der Waals surface area contributed by atoms with Crippen molar-refractivity contribution in [2.75, 3.05) is 10.8 Å². The average Bonchev–Trinajstić information content (AvgIpc) is 3.48. The Hall–Kier alpha value is -3.46. The number of H-pyrrole nitrogens is 1. The Kier molecular flexibility index (Phi) is 6.19. The molecular weight excluding hydrogens is 493 g/mol. The van der Waals surface area contributed by atoms with Gasteiger partial charge in [-0.3, -0.25) is 4.79 Å². The van der Waals surface area contributed by atoms with Gasteiger partial charge in [0.2, 0.25) is 0 Å². The number of imidazole rings is 1. The summed E-state index contributed by atoms with van der Waals surface area (Å²) >= 11 is 13.5. The van der Waals surface area contributed by atoms with Gasteiger partial charge in [0.15, 0.2) is 0 Å². The van der Waals surface area contributed by atoms with Gasteiger partial charge in [-0.05, 0) is 66.5 Å². The second kappa shape index (κ2) is 9.42. The number of fused-ring (bicyclic) bond motifs is 1. The number of hydrogen-bond acceptors (Lipinski definition) is 5. The van der Waals surface area contributed by atoms with Gasteiger partial charge in [-0.25, -0.2) is 9.97 Å². The molecule has 0 fully saturated rings. The molecule has 0 aliphatic rings. The van der Waals surface area contributed by atoms with Crippen LogP contribution >= 0.6 is 35.1 Å². The van der Waals surface area contributed by atoms with E-state index in [1.54, 1.807) is 41.1 Å². The fourth-order valence-electron chi connectivity index (χ4n) is 3.61. The highest BCUT2D eigenvalue weighted by molar-refractivity contribution is 8.00. The van der Waals surface area contributed by atoms with Crippen molar-refractivity contribution in [1.82, 2.24) is 19.5 Å². The van der Waals surface area contributed by atoms with Crippen LogP contribution in [0.1, 0.15) is 0 Å². The lowest BCUT2D eigenvalue weighted by molar-refractivity contribution is -0.135. The van der Waals surface area contributed by atoms with E-state index in [1.165, 1.54) is 11.9 Å². The molecule has 2 aromatic carbocycles. The number of aromatic amines is 1. The fourth-order valence-corrected chi connectivity index (χ4v) is 5.28. The summed E-state index contributed by atoms with van der Waals surface area (Å²) in [6.45, 7) is -0.201. The van der Waals surface area contributed by atoms with E-state index in [0.717, 1.165) is 38.7 Å². The summed E-state index contributed by atoms with van der Waals surface area (Å²) in [5.41, 5.74) is 2.61. The Labute approximate surface area is 209 Å². The number of carbonyl (C=O) groups is 1. The van der Waals surface area contributed by atoms with Gasteiger partial charge in [-0.15, -0.1) is 0 Å². The predicted molar refractivity (Wildman–Crippen MR) is 136 cm³/mol. The number of aromatic nitrogens is 4. The van der Waals surface area contributed by atoms with Crippen LogP contribution in [0.15, 0.2) is 84.3 Å². The monoisotopic (exact) mass is 509 g/mol. The summed E-state index contributed by atoms with van der Waals surface area (Å²) in [5, 5.41) is 11.4. The zero-order chi connectivity index (χ0) is 23.7. The molecule has 0 spiro atoms. The molecule has 10 heteroatoms. The molecule has 7 nitrogen and oxygen atoms in total. The second-order valence-corrected chi connectivity index (χ2v) is 9.36. The van der Waals surface area contributed by atoms with Gasteiger partial charge in [-0.1, -0.05) is 23.2 Å². The van der Waals surface area contributed by atoms with Gasteiger partial charge in [0, 0.05) is 56.4 Å². The molecule has 0 bridgehead atoms. The largest absolute Gasteiger partial charge is 0.480 e. The first-order chi connectivity index (χ1) is 16.5. The van der Waals surface area contributed by atoms with Crippen molar-refractivity contribution in [2.45, 2.75) is 4.90 Å². The number of benzene rings is 2. The van der Waals surface area contributed by atoms with Crippen LogP contribution in [0, 0.1) is 0 Å². The van der Waals surface area contributed by atoms with E-state index in [2.05, 4.69) is 15.0 Å². The van der Waals surface area contributed by atoms with Crippen LogP contribution in [-0.2, 0) is 4.79 Å². The smallest absolute Gasteiger partial charge is 0.324 e. The molecule has 0 saturated heterocycles. The lowest BCUT2D eigenvalue weighted by Gasteiger charge is -2.22. The zero-order valence-electron chi connectivity index (χ0n) is 17.5. The zero-order valence-corrected chi connectivity index (χ0v) is 19.8. The number of anilines is 1. The van der Waals surface area contributed by atoms with E-state index in [9.17, 15) is 9.90 Å². The van der Waals surface area contributed by atoms with Crippen molar-refractivity contribution >= 4 is 57.7 Å². The standard InChI is InChI=1S/C24H17Cl2N5O2S/c25-17-11-18(26)13-20(12-17)34-31(14-23(32)33)19-1-2-21-15(9-19)4-8-30(21)22-10-16(3-5-27-22)24-28-6-7-29-24/h1-13H,14H2,(H,28,29)(H,32,33). The number of aliphatic carboxylic acids is 1. The van der Waals surface area contributed by atoms with Gasteiger partial charge in [0.25, 0.3) is 0 Å². The molecule has 0 aliphatic carbocycles. The summed E-state index contributed by atoms with van der Waals surface area (Å²) in [6.07, 6.45) is 7.17. The van der Waals surface area contributed by atoms with E-state index in [4.69, 9.17) is 23.2 Å². The van der Waals surface area contributed by atoms with Gasteiger partial charge >= 0.3 is 5.97 Å². The molecule has 0 unspecified atom stereocenters. The maximum absolute atomic E-state index is 11.6. The molecule has 2 N–H and O–H groups in total. The number of carboxylic acids is 1. The fraction of sp³-hybridized carbons (Fsp3) is 0.0417. The SMILES string of the molecule is O=C(O)CN(Sc1cc(Cl)cc(Cl)c1)c1ccc2c(ccn2-c2cc(-c3ncc[nH]3)ccn2)c1. The minimum absolute atomic E-state index is 0.201. The van der Waals surface area contributed by atoms with Crippen molar-refractivity contribution in [3.05, 3.63) is 89.4 Å². The maximum atomic E-state index is 11.6. The Morgan fingerprint density at radius 3 is 2.59 bits per heavy atom. The highest BCUT2D eigenvalue weighted by Crippen LogP contribution is 2.34. The molecule has 34 heavy (non-hydrogen) atoms. The van der Waals surface area contributed by atoms with Crippen LogP contribution in [0.2, 0.25) is 10.0 Å². The molecule has 5 aromatic rings. The number of carboxylic acid groups (broad SMARTS) is 1. The molecule has 170 valence electrons. The number of nitrogens with zero attached hydrogens (tertiary/aromatic N) is 4. The summed E-state index contributed by atoms with van der Waals surface area (Å²) in [7, 11) is 0. The average molecular weight is 510 g/mol. The Bertz CT molecular complexity index is 1470. The predicted octanol–water partition coefficient (Wildman–Crippen LogP) is 6.32. The van der Waals surface area contributed by atoms with Crippen molar-refractivity contribution in [3.8, 4) is 17.2 Å². The number of halogens is 2. The number of nitrogens with one attached hydrogen (secondary N) is 1. The minimum atomic E-state index is -0.947. The van der Waals surface area contributed by atoms with Crippen molar-refractivity contribution < 1.29 is 9.90 Å². The first kappa shape index (κ1) is 22.3. The molecule has 0 saturated carbocycles. The van der Waals surface area contributed by atoms with Gasteiger partial charge in [-0.2, -0.15) is 0 Å². The van der Waals surface area contributed by atoms with Crippen LogP contribution < -0.4 is 4.31 Å². The van der Waals surface area contributed by atoms with E-state index in [-0.39, 0.29) is 6.54 Å². The van der Waals surface area contributed by atoms with E-state index < -0.39 is 5.97 Å². The van der Waals surface area contributed by atoms with Crippen LogP contribution in [0.3, 0.4) is 0 Å². The van der Waals surface area contributed by atoms with Crippen LogP contribution in [0.4, 0.5) is 5.69 Å². The molecule has 3 aromatic heterocycles. The highest BCUT2D eigenvalue weighted by atomic mass is 35.5. The van der Waals surface area contributed by atoms with Gasteiger partial charge < -0.3 is 19.0 Å². The van der Waals surface area contributed by atoms with Crippen molar-refractivity contribution in [2.24, 2.45) is 0 Å². The Balaban J connectivity index is 1.49. The third kappa shape index (κ3) is 4.75. The number of rotatable bonds is 7. The molecule has 3 heterocycles. The second-order valence-electron chi connectivity index (χ2n) is 7.40. The highest BCUT2D eigenvalue weighted by Gasteiger charge is 2.16. The van der Waals surface area contributed by atoms with Crippen LogP contribution in [0.25, 0.3) is 28.1 Å². The molecule has 0 atom stereocenters. The summed E-state index contributed by atoms with van der Waals surface area (Å²) in [5.74, 6) is 0.573. The third-order valence-corrected chi connectivity index (χ3v) is 6.50. The lowest BCUT2D eigenvalue weighted by Crippen LogP contribution is -2.22. The quantitative estimate of drug-likeness (QED) is 0.249. The molecular formula is C24H17Cl2N5O2S. The van der Waals surface area contributed by atoms with Gasteiger partial charge in [0.05, 0.1) is 5.52 Å². The third-order valence-electron chi connectivity index (χ3n) is 5.06. The first-order valence-corrected chi connectivity index (χ1v) is 11.7. The molecule has 0 radical (unpaired) electrons. The molecule has 5 rings (SSSR count). The number of pyridine rings is 1. The normalized spacial score (nSPS) is 11.1. The summed E-state index contributed by atoms with van der Waals surface area (Å²) in [6, 6.07) is 16.8. The van der Waals surface area contributed by atoms with Crippen molar-refractivity contribution in [3.63, 3.8) is 0 Å². The topological polar surface area (TPSA) is 87.0 Å². The lowest BCUT2D eigenvalue weighted by atomic mass is 10.2. The molecule has 0 amide bonds. The van der Waals surface area contributed by atoms with Crippen LogP contribution in [0.5, 0.6) is 0 Å². The van der Waals surface area contributed by atoms with Crippen molar-refractivity contribution in [1.29, 1.82) is 0 Å². The molecule has 0 aliphatic heterocycles. The van der Waals surface area contributed by atoms with Crippen LogP contribution in [-0.4, -0.2) is 37.1 Å². The summed E-state index contributed by atoms with van der Waals surface area (Å²) < 4.78 is 3.67. The maximum Gasteiger partial charge on any atom is 0.324 e.